The molecule has 0 amide bonds. The highest BCUT2D eigenvalue weighted by Crippen LogP contribution is 2.40. The van der Waals surface area contributed by atoms with Crippen LogP contribution in [-0.4, -0.2) is 37.3 Å². The summed E-state index contributed by atoms with van der Waals surface area (Å²) in [6.45, 7) is 7.53. The molecule has 0 unspecified atom stereocenters. The topological polar surface area (TPSA) is 15.3 Å². The van der Waals surface area contributed by atoms with Gasteiger partial charge in [0.25, 0.3) is 0 Å². The van der Waals surface area contributed by atoms with Gasteiger partial charge in [0.1, 0.15) is 6.04 Å². The number of rotatable bonds is 2. The Balaban J connectivity index is 0.00000220. The summed E-state index contributed by atoms with van der Waals surface area (Å²) < 4.78 is 40.8. The van der Waals surface area contributed by atoms with Crippen molar-refractivity contribution in [3.8, 4) is 0 Å². The largest absolute Gasteiger partial charge is 0.408 e. The van der Waals surface area contributed by atoms with Crippen LogP contribution in [0.4, 0.5) is 13.2 Å². The first-order valence-electron chi connectivity index (χ1n) is 6.90. The summed E-state index contributed by atoms with van der Waals surface area (Å²) in [7, 11) is 0. The molecule has 1 N–H and O–H groups in total. The lowest BCUT2D eigenvalue weighted by Crippen LogP contribution is -2.49. The number of nitrogens with one attached hydrogen (secondary N) is 1. The Morgan fingerprint density at radius 2 is 1.52 bits per heavy atom. The molecule has 21 heavy (non-hydrogen) atoms. The van der Waals surface area contributed by atoms with Crippen molar-refractivity contribution in [3.63, 3.8) is 0 Å². The second-order valence-electron chi connectivity index (χ2n) is 5.54. The van der Waals surface area contributed by atoms with Crippen LogP contribution in [0.2, 0.25) is 0 Å². The molecule has 1 saturated heterocycles. The number of nitrogens with zero attached hydrogens (tertiary/aromatic N) is 1. The Bertz CT molecular complexity index is 459. The highest BCUT2D eigenvalue weighted by atomic mass is 35.5. The summed E-state index contributed by atoms with van der Waals surface area (Å²) >= 11 is 0. The SMILES string of the molecule is Cc1cc(C)c([C@@H](N2CCNCC2)C(F)(F)F)c(C)c1.Cl. The number of halogens is 4. The van der Waals surface area contributed by atoms with Gasteiger partial charge in [-0.1, -0.05) is 17.7 Å². The minimum Gasteiger partial charge on any atom is -0.314 e. The molecule has 1 heterocycles. The second kappa shape index (κ2) is 6.99. The molecule has 2 nitrogen and oxygen atoms in total. The van der Waals surface area contributed by atoms with E-state index >= 15 is 0 Å². The minimum atomic E-state index is -4.25. The predicted octanol–water partition coefficient (Wildman–Crippen LogP) is 3.54. The third-order valence-electron chi connectivity index (χ3n) is 3.84. The maximum atomic E-state index is 13.6. The fraction of sp³-hybridized carbons (Fsp3) is 0.600. The molecule has 1 atom stereocenters. The monoisotopic (exact) mass is 322 g/mol. The van der Waals surface area contributed by atoms with E-state index in [9.17, 15) is 13.2 Å². The number of hydrogen-bond donors (Lipinski definition) is 1. The number of piperazine rings is 1. The molecule has 0 bridgehead atoms. The van der Waals surface area contributed by atoms with Gasteiger partial charge in [0, 0.05) is 26.2 Å². The highest BCUT2D eigenvalue weighted by molar-refractivity contribution is 5.85. The lowest BCUT2D eigenvalue weighted by molar-refractivity contribution is -0.188. The van der Waals surface area contributed by atoms with Crippen molar-refractivity contribution in [3.05, 3.63) is 34.4 Å². The summed E-state index contributed by atoms with van der Waals surface area (Å²) in [5, 5.41) is 3.10. The van der Waals surface area contributed by atoms with Crippen molar-refractivity contribution < 1.29 is 13.2 Å². The third-order valence-corrected chi connectivity index (χ3v) is 3.84. The van der Waals surface area contributed by atoms with E-state index in [1.807, 2.05) is 19.1 Å². The number of benzene rings is 1. The summed E-state index contributed by atoms with van der Waals surface area (Å²) in [5.74, 6) is 0. The maximum Gasteiger partial charge on any atom is 0.408 e. The summed E-state index contributed by atoms with van der Waals surface area (Å²) in [5.41, 5.74) is 2.88. The molecule has 1 aliphatic heterocycles. The average molecular weight is 323 g/mol. The van der Waals surface area contributed by atoms with Crippen molar-refractivity contribution in [2.24, 2.45) is 0 Å². The summed E-state index contributed by atoms with van der Waals surface area (Å²) in [6, 6.07) is 2.18. The van der Waals surface area contributed by atoms with Crippen LogP contribution in [0.1, 0.15) is 28.3 Å². The van der Waals surface area contributed by atoms with Gasteiger partial charge in [-0.25, -0.2) is 0 Å². The molecule has 6 heteroatoms. The van der Waals surface area contributed by atoms with Crippen molar-refractivity contribution in [1.29, 1.82) is 0 Å². The van der Waals surface area contributed by atoms with Crippen LogP contribution in [0.15, 0.2) is 12.1 Å². The van der Waals surface area contributed by atoms with E-state index in [1.54, 1.807) is 18.7 Å². The van der Waals surface area contributed by atoms with Crippen LogP contribution in [0, 0.1) is 20.8 Å². The van der Waals surface area contributed by atoms with Crippen molar-refractivity contribution >= 4 is 12.4 Å². The average Bonchev–Trinajstić information content (AvgIpc) is 2.33. The zero-order valence-corrected chi connectivity index (χ0v) is 13.4. The Kier molecular flexibility index (Phi) is 6.08. The number of aryl methyl sites for hydroxylation is 3. The summed E-state index contributed by atoms with van der Waals surface area (Å²) in [6.07, 6.45) is -4.25. The number of alkyl halides is 3. The molecule has 1 aliphatic rings. The van der Waals surface area contributed by atoms with Gasteiger partial charge in [-0.2, -0.15) is 13.2 Å². The molecule has 2 rings (SSSR count). The quantitative estimate of drug-likeness (QED) is 0.896. The van der Waals surface area contributed by atoms with E-state index in [-0.39, 0.29) is 12.4 Å². The van der Waals surface area contributed by atoms with Gasteiger partial charge >= 0.3 is 6.18 Å². The Morgan fingerprint density at radius 1 is 1.05 bits per heavy atom. The zero-order chi connectivity index (χ0) is 14.9. The van der Waals surface area contributed by atoms with Crippen molar-refractivity contribution in [1.82, 2.24) is 10.2 Å². The maximum absolute atomic E-state index is 13.6. The van der Waals surface area contributed by atoms with Gasteiger partial charge in [0.15, 0.2) is 0 Å². The first kappa shape index (κ1) is 18.3. The molecule has 0 radical (unpaired) electrons. The van der Waals surface area contributed by atoms with E-state index in [0.717, 1.165) is 16.7 Å². The van der Waals surface area contributed by atoms with E-state index < -0.39 is 12.2 Å². The fourth-order valence-corrected chi connectivity index (χ4v) is 3.12. The Labute approximate surface area is 130 Å². The lowest BCUT2D eigenvalue weighted by atomic mass is 9.92. The number of hydrogen-bond acceptors (Lipinski definition) is 2. The van der Waals surface area contributed by atoms with E-state index in [4.69, 9.17) is 0 Å². The molecule has 0 aliphatic carbocycles. The molecule has 1 fully saturated rings. The minimum absolute atomic E-state index is 0. The van der Waals surface area contributed by atoms with E-state index in [1.165, 1.54) is 0 Å². The first-order valence-corrected chi connectivity index (χ1v) is 6.90. The molecule has 0 spiro atoms. The van der Waals surface area contributed by atoms with Crippen LogP contribution in [0.5, 0.6) is 0 Å². The summed E-state index contributed by atoms with van der Waals surface area (Å²) in [4.78, 5) is 1.54. The molecule has 120 valence electrons. The fourth-order valence-electron chi connectivity index (χ4n) is 3.12. The third kappa shape index (κ3) is 4.11. The Morgan fingerprint density at radius 3 is 1.95 bits per heavy atom. The van der Waals surface area contributed by atoms with Crippen molar-refractivity contribution in [2.75, 3.05) is 26.2 Å². The zero-order valence-electron chi connectivity index (χ0n) is 12.5. The van der Waals surface area contributed by atoms with Crippen LogP contribution in [0.25, 0.3) is 0 Å². The van der Waals surface area contributed by atoms with Gasteiger partial charge in [0.2, 0.25) is 0 Å². The first-order chi connectivity index (χ1) is 9.30. The molecule has 0 aromatic heterocycles. The van der Waals surface area contributed by atoms with Crippen LogP contribution in [-0.2, 0) is 0 Å². The van der Waals surface area contributed by atoms with E-state index in [2.05, 4.69) is 5.32 Å². The molecule has 0 saturated carbocycles. The van der Waals surface area contributed by atoms with Crippen molar-refractivity contribution in [2.45, 2.75) is 33.0 Å². The van der Waals surface area contributed by atoms with Crippen LogP contribution >= 0.6 is 12.4 Å². The van der Waals surface area contributed by atoms with Crippen LogP contribution < -0.4 is 5.32 Å². The van der Waals surface area contributed by atoms with Gasteiger partial charge in [-0.05, 0) is 37.5 Å². The van der Waals surface area contributed by atoms with Gasteiger partial charge in [-0.3, -0.25) is 4.90 Å². The van der Waals surface area contributed by atoms with Gasteiger partial charge < -0.3 is 5.32 Å². The smallest absolute Gasteiger partial charge is 0.314 e. The Hall–Kier alpha value is -0.780. The normalized spacial score (nSPS) is 18.2. The molecule has 1 aromatic rings. The van der Waals surface area contributed by atoms with E-state index in [0.29, 0.717) is 31.7 Å². The molecular weight excluding hydrogens is 301 g/mol. The lowest BCUT2D eigenvalue weighted by Gasteiger charge is -2.37. The van der Waals surface area contributed by atoms with Crippen LogP contribution in [0.3, 0.4) is 0 Å². The van der Waals surface area contributed by atoms with Gasteiger partial charge in [-0.15, -0.1) is 12.4 Å². The van der Waals surface area contributed by atoms with Gasteiger partial charge in [0.05, 0.1) is 0 Å². The predicted molar refractivity (Wildman–Crippen MR) is 81.1 cm³/mol. The second-order valence-corrected chi connectivity index (χ2v) is 5.54. The highest BCUT2D eigenvalue weighted by Gasteiger charge is 2.46. The molecule has 1 aromatic carbocycles. The molecular formula is C15H22ClF3N2. The standard InChI is InChI=1S/C15H21F3N2.ClH/c1-10-8-11(2)13(12(3)9-10)14(15(16,17)18)20-6-4-19-5-7-20;/h8-9,14,19H,4-7H2,1-3H3;1H/t14-;/m1./s1.